The molecule has 1 heteroatoms. The Morgan fingerprint density at radius 2 is 1.89 bits per heavy atom. The zero-order valence-electron chi connectivity index (χ0n) is 12.3. The van der Waals surface area contributed by atoms with Crippen LogP contribution in [0.4, 0.5) is 0 Å². The molecule has 1 N–H and O–H groups in total. The van der Waals surface area contributed by atoms with E-state index in [4.69, 9.17) is 0 Å². The van der Waals surface area contributed by atoms with Gasteiger partial charge in [0.05, 0.1) is 0 Å². The van der Waals surface area contributed by atoms with Gasteiger partial charge in [-0.15, -0.1) is 0 Å². The number of hydrogen-bond acceptors (Lipinski definition) is 1. The third kappa shape index (κ3) is 2.95. The summed E-state index contributed by atoms with van der Waals surface area (Å²) in [6, 6.07) is 11.1. The predicted octanol–water partition coefficient (Wildman–Crippen LogP) is 4.13. The number of hydrogen-bond donors (Lipinski definition) is 1. The molecule has 0 saturated heterocycles. The number of rotatable bonds is 5. The molecule has 100 valence electrons. The standard InChI is InChI=1S/C17H27N/c1-5-11-17(14-9-7-6-8-10-14)12-15(17)13-18-16(2,3)4/h6-10,15,18H,5,11-13H2,1-4H3. The van der Waals surface area contributed by atoms with Gasteiger partial charge in [0, 0.05) is 5.54 Å². The lowest BCUT2D eigenvalue weighted by atomic mass is 9.88. The molecule has 18 heavy (non-hydrogen) atoms. The van der Waals surface area contributed by atoms with Gasteiger partial charge in [0.15, 0.2) is 0 Å². The highest BCUT2D eigenvalue weighted by Crippen LogP contribution is 2.57. The summed E-state index contributed by atoms with van der Waals surface area (Å²) in [6.45, 7) is 10.2. The van der Waals surface area contributed by atoms with E-state index in [9.17, 15) is 0 Å². The summed E-state index contributed by atoms with van der Waals surface area (Å²) in [5.41, 5.74) is 2.25. The summed E-state index contributed by atoms with van der Waals surface area (Å²) in [6.07, 6.45) is 3.96. The molecule has 2 unspecified atom stereocenters. The van der Waals surface area contributed by atoms with Crippen LogP contribution < -0.4 is 5.32 Å². The van der Waals surface area contributed by atoms with Crippen molar-refractivity contribution in [1.29, 1.82) is 0 Å². The van der Waals surface area contributed by atoms with Crippen LogP contribution >= 0.6 is 0 Å². The monoisotopic (exact) mass is 245 g/mol. The lowest BCUT2D eigenvalue weighted by molar-refractivity contribution is 0.398. The van der Waals surface area contributed by atoms with E-state index in [0.717, 1.165) is 12.5 Å². The zero-order valence-corrected chi connectivity index (χ0v) is 12.3. The van der Waals surface area contributed by atoms with E-state index in [1.807, 2.05) is 0 Å². The SMILES string of the molecule is CCCC1(c2ccccc2)CC1CNC(C)(C)C. The molecule has 0 bridgehead atoms. The Morgan fingerprint density at radius 1 is 1.22 bits per heavy atom. The summed E-state index contributed by atoms with van der Waals surface area (Å²) in [7, 11) is 0. The fraction of sp³-hybridized carbons (Fsp3) is 0.647. The molecule has 1 nitrogen and oxygen atoms in total. The largest absolute Gasteiger partial charge is 0.312 e. The molecule has 2 atom stereocenters. The Kier molecular flexibility index (Phi) is 3.82. The van der Waals surface area contributed by atoms with Crippen molar-refractivity contribution in [2.24, 2.45) is 5.92 Å². The van der Waals surface area contributed by atoms with Gasteiger partial charge in [-0.2, -0.15) is 0 Å². The summed E-state index contributed by atoms with van der Waals surface area (Å²) in [5.74, 6) is 0.819. The Balaban J connectivity index is 2.04. The molecule has 1 saturated carbocycles. The second-order valence-electron chi connectivity index (χ2n) is 6.80. The molecule has 0 aromatic heterocycles. The van der Waals surface area contributed by atoms with Crippen LogP contribution in [0.5, 0.6) is 0 Å². The third-order valence-electron chi connectivity index (χ3n) is 4.16. The van der Waals surface area contributed by atoms with Crippen LogP contribution in [-0.4, -0.2) is 12.1 Å². The molecule has 0 radical (unpaired) electrons. The van der Waals surface area contributed by atoms with Crippen molar-refractivity contribution in [3.05, 3.63) is 35.9 Å². The first-order valence-electron chi connectivity index (χ1n) is 7.28. The van der Waals surface area contributed by atoms with Crippen LogP contribution in [-0.2, 0) is 5.41 Å². The molecule has 1 aromatic rings. The fourth-order valence-electron chi connectivity index (χ4n) is 3.10. The molecular formula is C17H27N. The molecule has 1 aliphatic carbocycles. The van der Waals surface area contributed by atoms with Gasteiger partial charge in [0.2, 0.25) is 0 Å². The quantitative estimate of drug-likeness (QED) is 0.822. The third-order valence-corrected chi connectivity index (χ3v) is 4.16. The minimum atomic E-state index is 0.233. The van der Waals surface area contributed by atoms with E-state index >= 15 is 0 Å². The van der Waals surface area contributed by atoms with Gasteiger partial charge >= 0.3 is 0 Å². The molecule has 2 rings (SSSR count). The van der Waals surface area contributed by atoms with E-state index in [0.29, 0.717) is 5.41 Å². The molecule has 0 aliphatic heterocycles. The topological polar surface area (TPSA) is 12.0 Å². The second kappa shape index (κ2) is 5.05. The maximum Gasteiger partial charge on any atom is 0.00966 e. The van der Waals surface area contributed by atoms with Gasteiger partial charge in [0.1, 0.15) is 0 Å². The van der Waals surface area contributed by atoms with Crippen molar-refractivity contribution >= 4 is 0 Å². The van der Waals surface area contributed by atoms with Crippen molar-refractivity contribution in [2.45, 2.75) is 57.9 Å². The van der Waals surface area contributed by atoms with Crippen molar-refractivity contribution in [2.75, 3.05) is 6.54 Å². The number of nitrogens with one attached hydrogen (secondary N) is 1. The summed E-state index contributed by atoms with van der Waals surface area (Å²) in [5, 5.41) is 3.67. The minimum Gasteiger partial charge on any atom is -0.312 e. The average molecular weight is 245 g/mol. The molecule has 1 fully saturated rings. The highest BCUT2D eigenvalue weighted by atomic mass is 15.0. The minimum absolute atomic E-state index is 0.233. The smallest absolute Gasteiger partial charge is 0.00966 e. The fourth-order valence-corrected chi connectivity index (χ4v) is 3.10. The average Bonchev–Trinajstić information content (AvgIpc) is 3.02. The van der Waals surface area contributed by atoms with Crippen LogP contribution in [0.2, 0.25) is 0 Å². The van der Waals surface area contributed by atoms with E-state index < -0.39 is 0 Å². The second-order valence-corrected chi connectivity index (χ2v) is 6.80. The van der Waals surface area contributed by atoms with Crippen LogP contribution in [0.3, 0.4) is 0 Å². The Bertz CT molecular complexity index is 376. The van der Waals surface area contributed by atoms with Crippen LogP contribution in [0.15, 0.2) is 30.3 Å². The van der Waals surface area contributed by atoms with Crippen molar-refractivity contribution < 1.29 is 0 Å². The summed E-state index contributed by atoms with van der Waals surface area (Å²) in [4.78, 5) is 0. The van der Waals surface area contributed by atoms with Crippen LogP contribution in [0.1, 0.15) is 52.5 Å². The lowest BCUT2D eigenvalue weighted by Gasteiger charge is -2.23. The normalized spacial score (nSPS) is 27.2. The van der Waals surface area contributed by atoms with E-state index in [2.05, 4.69) is 63.3 Å². The van der Waals surface area contributed by atoms with Crippen LogP contribution in [0.25, 0.3) is 0 Å². The Labute approximate surface area is 112 Å². The predicted molar refractivity (Wildman–Crippen MR) is 78.9 cm³/mol. The van der Waals surface area contributed by atoms with Crippen molar-refractivity contribution in [3.8, 4) is 0 Å². The van der Waals surface area contributed by atoms with Gasteiger partial charge in [-0.3, -0.25) is 0 Å². The van der Waals surface area contributed by atoms with Gasteiger partial charge < -0.3 is 5.32 Å². The number of benzene rings is 1. The van der Waals surface area contributed by atoms with Crippen molar-refractivity contribution in [1.82, 2.24) is 5.32 Å². The van der Waals surface area contributed by atoms with E-state index in [1.165, 1.54) is 19.3 Å². The highest BCUT2D eigenvalue weighted by Gasteiger charge is 2.53. The molecule has 0 spiro atoms. The van der Waals surface area contributed by atoms with E-state index in [-0.39, 0.29) is 5.54 Å². The molecular weight excluding hydrogens is 218 g/mol. The van der Waals surface area contributed by atoms with E-state index in [1.54, 1.807) is 5.56 Å². The van der Waals surface area contributed by atoms with Crippen LogP contribution in [0, 0.1) is 5.92 Å². The first kappa shape index (κ1) is 13.6. The first-order valence-corrected chi connectivity index (χ1v) is 7.28. The maximum absolute atomic E-state index is 3.67. The molecule has 1 aromatic carbocycles. The molecule has 0 amide bonds. The van der Waals surface area contributed by atoms with Gasteiger partial charge in [-0.05, 0) is 57.1 Å². The Hall–Kier alpha value is -0.820. The summed E-state index contributed by atoms with van der Waals surface area (Å²) >= 11 is 0. The lowest BCUT2D eigenvalue weighted by Crippen LogP contribution is -2.38. The van der Waals surface area contributed by atoms with Gasteiger partial charge in [0.25, 0.3) is 0 Å². The molecule has 1 aliphatic rings. The first-order chi connectivity index (χ1) is 8.48. The van der Waals surface area contributed by atoms with Crippen molar-refractivity contribution in [3.63, 3.8) is 0 Å². The Morgan fingerprint density at radius 3 is 2.44 bits per heavy atom. The zero-order chi connectivity index (χ0) is 13.2. The maximum atomic E-state index is 3.67. The molecule has 0 heterocycles. The highest BCUT2D eigenvalue weighted by molar-refractivity contribution is 5.33. The summed E-state index contributed by atoms with van der Waals surface area (Å²) < 4.78 is 0. The van der Waals surface area contributed by atoms with Gasteiger partial charge in [-0.1, -0.05) is 43.7 Å². The van der Waals surface area contributed by atoms with Gasteiger partial charge in [-0.25, -0.2) is 0 Å².